The van der Waals surface area contributed by atoms with Gasteiger partial charge in [0, 0.05) is 18.7 Å². The maximum atomic E-state index is 12.5. The van der Waals surface area contributed by atoms with E-state index in [0.29, 0.717) is 30.8 Å². The number of hydrogen-bond acceptors (Lipinski definition) is 4. The van der Waals surface area contributed by atoms with Crippen molar-refractivity contribution in [2.24, 2.45) is 0 Å². The van der Waals surface area contributed by atoms with Crippen molar-refractivity contribution in [3.63, 3.8) is 0 Å². The van der Waals surface area contributed by atoms with Crippen LogP contribution in [-0.4, -0.2) is 40.3 Å². The van der Waals surface area contributed by atoms with Crippen LogP contribution in [-0.2, 0) is 16.4 Å². The second kappa shape index (κ2) is 9.10. The summed E-state index contributed by atoms with van der Waals surface area (Å²) in [5.41, 5.74) is 2.19. The number of methoxy groups -OCH3 is 1. The number of rotatable bonds is 7. The number of nitrogens with zero attached hydrogens (tertiary/aromatic N) is 1. The zero-order valence-corrected chi connectivity index (χ0v) is 16.9. The Morgan fingerprint density at radius 1 is 1.14 bits per heavy atom. The van der Waals surface area contributed by atoms with Gasteiger partial charge in [0.05, 0.1) is 18.6 Å². The summed E-state index contributed by atoms with van der Waals surface area (Å²) < 4.78 is 31.2. The van der Waals surface area contributed by atoms with Crippen LogP contribution >= 0.6 is 0 Å². The van der Waals surface area contributed by atoms with Gasteiger partial charge in [0.2, 0.25) is 10.0 Å². The highest BCUT2D eigenvalue weighted by Gasteiger charge is 2.26. The van der Waals surface area contributed by atoms with E-state index < -0.39 is 10.0 Å². The summed E-state index contributed by atoms with van der Waals surface area (Å²) in [6.07, 6.45) is 3.16. The van der Waals surface area contributed by atoms with Gasteiger partial charge in [0.1, 0.15) is 5.75 Å². The van der Waals surface area contributed by atoms with Crippen molar-refractivity contribution in [1.29, 1.82) is 0 Å². The molecule has 2 aromatic carbocycles. The first-order chi connectivity index (χ1) is 13.5. The smallest absolute Gasteiger partial charge is 0.251 e. The van der Waals surface area contributed by atoms with Crippen LogP contribution in [0.25, 0.3) is 0 Å². The van der Waals surface area contributed by atoms with Gasteiger partial charge >= 0.3 is 0 Å². The predicted molar refractivity (Wildman–Crippen MR) is 110 cm³/mol. The highest BCUT2D eigenvalue weighted by molar-refractivity contribution is 7.92. The lowest BCUT2D eigenvalue weighted by Gasteiger charge is -2.28. The number of amides is 1. The Morgan fingerprint density at radius 2 is 1.96 bits per heavy atom. The number of aryl methyl sites for hydroxylation is 1. The normalized spacial score (nSPS) is 15.8. The second-order valence-corrected chi connectivity index (χ2v) is 8.87. The van der Waals surface area contributed by atoms with Gasteiger partial charge in [-0.05, 0) is 61.6 Å². The lowest BCUT2D eigenvalue weighted by molar-refractivity contribution is 0.0953. The Hall–Kier alpha value is -2.54. The molecule has 1 amide bonds. The van der Waals surface area contributed by atoms with Crippen molar-refractivity contribution in [3.05, 3.63) is 59.7 Å². The molecular formula is C21H26N2O4S. The first-order valence-corrected chi connectivity index (χ1v) is 11.1. The topological polar surface area (TPSA) is 75.7 Å². The molecule has 150 valence electrons. The molecular weight excluding hydrogens is 376 g/mol. The molecule has 0 radical (unpaired) electrons. The SMILES string of the molecule is COc1cccc(CCCNC(=O)c2cccc(N3CCCCS3(=O)=O)c2)c1. The summed E-state index contributed by atoms with van der Waals surface area (Å²) in [7, 11) is -1.64. The van der Waals surface area contributed by atoms with E-state index in [2.05, 4.69) is 5.32 Å². The molecule has 1 aliphatic heterocycles. The summed E-state index contributed by atoms with van der Waals surface area (Å²) >= 11 is 0. The van der Waals surface area contributed by atoms with Crippen molar-refractivity contribution in [3.8, 4) is 5.75 Å². The summed E-state index contributed by atoms with van der Waals surface area (Å²) in [6.45, 7) is 1.01. The third-order valence-electron chi connectivity index (χ3n) is 4.81. The quantitative estimate of drug-likeness (QED) is 0.723. The molecule has 3 rings (SSSR count). The van der Waals surface area contributed by atoms with E-state index in [9.17, 15) is 13.2 Å². The Balaban J connectivity index is 1.56. The fourth-order valence-electron chi connectivity index (χ4n) is 3.31. The Morgan fingerprint density at radius 3 is 2.75 bits per heavy atom. The molecule has 1 fully saturated rings. The van der Waals surface area contributed by atoms with Gasteiger partial charge in [0.25, 0.3) is 5.91 Å². The van der Waals surface area contributed by atoms with Gasteiger partial charge in [-0.15, -0.1) is 0 Å². The van der Waals surface area contributed by atoms with Crippen LogP contribution in [0.3, 0.4) is 0 Å². The average molecular weight is 403 g/mol. The summed E-state index contributed by atoms with van der Waals surface area (Å²) in [5.74, 6) is 0.793. The van der Waals surface area contributed by atoms with Gasteiger partial charge in [-0.25, -0.2) is 8.42 Å². The maximum absolute atomic E-state index is 12.5. The van der Waals surface area contributed by atoms with Gasteiger partial charge < -0.3 is 10.1 Å². The predicted octanol–water partition coefficient (Wildman–Crippen LogP) is 2.99. The minimum Gasteiger partial charge on any atom is -0.497 e. The van der Waals surface area contributed by atoms with Crippen LogP contribution < -0.4 is 14.4 Å². The number of carbonyl (C=O) groups is 1. The van der Waals surface area contributed by atoms with Gasteiger partial charge in [0.15, 0.2) is 0 Å². The minimum atomic E-state index is -3.28. The molecule has 1 N–H and O–H groups in total. The Kier molecular flexibility index (Phi) is 6.57. The van der Waals surface area contributed by atoms with Crippen molar-refractivity contribution < 1.29 is 17.9 Å². The molecule has 0 unspecified atom stereocenters. The third kappa shape index (κ3) is 5.04. The highest BCUT2D eigenvalue weighted by atomic mass is 32.2. The van der Waals surface area contributed by atoms with Crippen LogP contribution in [0.5, 0.6) is 5.75 Å². The van der Waals surface area contributed by atoms with Crippen molar-refractivity contribution in [2.45, 2.75) is 25.7 Å². The number of hydrogen-bond donors (Lipinski definition) is 1. The highest BCUT2D eigenvalue weighted by Crippen LogP contribution is 2.24. The van der Waals surface area contributed by atoms with Crippen molar-refractivity contribution >= 4 is 21.6 Å². The first-order valence-electron chi connectivity index (χ1n) is 9.51. The molecule has 1 heterocycles. The summed E-state index contributed by atoms with van der Waals surface area (Å²) in [5, 5.41) is 2.91. The second-order valence-electron chi connectivity index (χ2n) is 6.86. The van der Waals surface area contributed by atoms with Crippen LogP contribution in [0.4, 0.5) is 5.69 Å². The Labute approximate surface area is 166 Å². The summed E-state index contributed by atoms with van der Waals surface area (Å²) in [6, 6.07) is 14.7. The molecule has 28 heavy (non-hydrogen) atoms. The van der Waals surface area contributed by atoms with Gasteiger partial charge in [-0.1, -0.05) is 18.2 Å². The first kappa shape index (κ1) is 20.2. The van der Waals surface area contributed by atoms with Crippen molar-refractivity contribution in [1.82, 2.24) is 5.32 Å². The Bertz CT molecular complexity index is 928. The van der Waals surface area contributed by atoms with Crippen LogP contribution in [0, 0.1) is 0 Å². The van der Waals surface area contributed by atoms with Crippen LogP contribution in [0.15, 0.2) is 48.5 Å². The minimum absolute atomic E-state index is 0.160. The van der Waals surface area contributed by atoms with E-state index >= 15 is 0 Å². The largest absolute Gasteiger partial charge is 0.497 e. The maximum Gasteiger partial charge on any atom is 0.251 e. The lowest BCUT2D eigenvalue weighted by Crippen LogP contribution is -2.38. The molecule has 0 atom stereocenters. The van der Waals surface area contributed by atoms with Crippen molar-refractivity contribution in [2.75, 3.05) is 30.3 Å². The van der Waals surface area contributed by atoms with E-state index in [0.717, 1.165) is 30.6 Å². The van der Waals surface area contributed by atoms with Gasteiger partial charge in [-0.2, -0.15) is 0 Å². The number of benzene rings is 2. The molecule has 0 bridgehead atoms. The molecule has 7 heteroatoms. The fraction of sp³-hybridized carbons (Fsp3) is 0.381. The molecule has 0 saturated carbocycles. The zero-order valence-electron chi connectivity index (χ0n) is 16.1. The van der Waals surface area contributed by atoms with Crippen LogP contribution in [0.1, 0.15) is 35.2 Å². The fourth-order valence-corrected chi connectivity index (χ4v) is 4.94. The number of anilines is 1. The molecule has 1 saturated heterocycles. The van der Waals surface area contributed by atoms with E-state index in [4.69, 9.17) is 4.74 Å². The van der Waals surface area contributed by atoms with E-state index in [1.807, 2.05) is 24.3 Å². The molecule has 6 nitrogen and oxygen atoms in total. The standard InChI is InChI=1S/C21H26N2O4S/c1-27-20-11-4-7-17(15-20)8-6-12-22-21(24)18-9-5-10-19(16-18)23-13-2-3-14-28(23,25)26/h4-5,7,9-11,15-16H,2-3,6,8,12-14H2,1H3,(H,22,24). The molecule has 1 aliphatic rings. The monoisotopic (exact) mass is 402 g/mol. The molecule has 0 spiro atoms. The van der Waals surface area contributed by atoms with E-state index in [-0.39, 0.29) is 11.7 Å². The zero-order chi connectivity index (χ0) is 20.0. The number of ether oxygens (including phenoxy) is 1. The number of carbonyl (C=O) groups excluding carboxylic acids is 1. The average Bonchev–Trinajstić information content (AvgIpc) is 2.71. The summed E-state index contributed by atoms with van der Waals surface area (Å²) in [4.78, 5) is 12.5. The molecule has 2 aromatic rings. The van der Waals surface area contributed by atoms with Gasteiger partial charge in [-0.3, -0.25) is 9.10 Å². The number of sulfonamides is 1. The van der Waals surface area contributed by atoms with E-state index in [1.54, 1.807) is 31.4 Å². The lowest BCUT2D eigenvalue weighted by atomic mass is 10.1. The molecule has 0 aliphatic carbocycles. The van der Waals surface area contributed by atoms with Crippen LogP contribution in [0.2, 0.25) is 0 Å². The molecule has 0 aromatic heterocycles. The number of nitrogens with one attached hydrogen (secondary N) is 1. The van der Waals surface area contributed by atoms with E-state index in [1.165, 1.54) is 4.31 Å². The third-order valence-corrected chi connectivity index (χ3v) is 6.68.